The van der Waals surface area contributed by atoms with Gasteiger partial charge in [-0.2, -0.15) is 0 Å². The van der Waals surface area contributed by atoms with Crippen LogP contribution in [0.1, 0.15) is 73.6 Å². The Morgan fingerprint density at radius 1 is 0.956 bits per heavy atom. The summed E-state index contributed by atoms with van der Waals surface area (Å²) in [4.78, 5) is 70.2. The minimum atomic E-state index is -0.983. The van der Waals surface area contributed by atoms with Gasteiger partial charge in [0.2, 0.25) is 11.8 Å². The number of rotatable bonds is 10. The summed E-state index contributed by atoms with van der Waals surface area (Å²) in [5, 5.41) is 5.47. The molecule has 13 nitrogen and oxygen atoms in total. The maximum atomic E-state index is 13.2. The van der Waals surface area contributed by atoms with E-state index in [1.165, 1.54) is 0 Å². The molecule has 1 aromatic rings. The van der Waals surface area contributed by atoms with Crippen LogP contribution in [0.25, 0.3) is 0 Å². The van der Waals surface area contributed by atoms with Crippen LogP contribution < -0.4 is 10.6 Å². The van der Waals surface area contributed by atoms with Crippen LogP contribution in [-0.2, 0) is 19.1 Å². The minimum absolute atomic E-state index is 0.0866. The van der Waals surface area contributed by atoms with E-state index in [0.29, 0.717) is 31.5 Å². The van der Waals surface area contributed by atoms with Crippen LogP contribution in [0, 0.1) is 0 Å². The fourth-order valence-electron chi connectivity index (χ4n) is 6.45. The van der Waals surface area contributed by atoms with Gasteiger partial charge in [-0.3, -0.25) is 39.2 Å². The molecule has 3 fully saturated rings. The second-order valence-corrected chi connectivity index (χ2v) is 13.1. The van der Waals surface area contributed by atoms with Crippen molar-refractivity contribution < 1.29 is 33.4 Å². The molecule has 13 heteroatoms. The van der Waals surface area contributed by atoms with Gasteiger partial charge in [0.1, 0.15) is 11.6 Å². The number of nitrogens with one attached hydrogen (secondary N) is 2. The Kier molecular flexibility index (Phi) is 10.4. The summed E-state index contributed by atoms with van der Waals surface area (Å²) in [6, 6.07) is 4.58. The van der Waals surface area contributed by atoms with E-state index in [1.807, 2.05) is 25.7 Å². The van der Waals surface area contributed by atoms with Crippen molar-refractivity contribution >= 4 is 35.4 Å². The molecule has 2 N–H and O–H groups in total. The van der Waals surface area contributed by atoms with Crippen molar-refractivity contribution in [1.29, 1.82) is 0 Å². The zero-order valence-corrected chi connectivity index (χ0v) is 26.6. The molecule has 246 valence electrons. The lowest BCUT2D eigenvalue weighted by atomic mass is 10.0. The Bertz CT molecular complexity index is 1280. The molecule has 0 bridgehead atoms. The summed E-state index contributed by atoms with van der Waals surface area (Å²) >= 11 is 0. The standard InChI is InChI=1S/C32H46N6O7/c1-32(2,3)45-31(43)37-13-10-22(11-14-37)36-17-15-35(16-18-36)19-21-44-20-5-12-33-24-7-4-6-23-27(24)30(42)38(29(23)41)25-8-9-26(39)34-28(25)40/h4,6-7,22,25,33H,5,8-21H2,1-3H3,(H,34,39,40). The molecule has 4 aliphatic rings. The van der Waals surface area contributed by atoms with E-state index in [-0.39, 0.29) is 30.1 Å². The molecule has 4 aliphatic heterocycles. The molecule has 1 atom stereocenters. The van der Waals surface area contributed by atoms with Gasteiger partial charge in [-0.05, 0) is 58.6 Å². The van der Waals surface area contributed by atoms with Crippen LogP contribution in [-0.4, -0.2) is 133 Å². The van der Waals surface area contributed by atoms with Crippen molar-refractivity contribution in [2.75, 3.05) is 70.9 Å². The number of nitrogens with zero attached hydrogens (tertiary/aromatic N) is 4. The van der Waals surface area contributed by atoms with E-state index in [2.05, 4.69) is 20.4 Å². The normalized spacial score (nSPS) is 22.1. The van der Waals surface area contributed by atoms with Gasteiger partial charge in [0, 0.05) is 77.1 Å². The summed E-state index contributed by atoms with van der Waals surface area (Å²) in [5.74, 6) is -2.05. The van der Waals surface area contributed by atoms with Gasteiger partial charge in [-0.1, -0.05) is 6.07 Å². The predicted molar refractivity (Wildman–Crippen MR) is 166 cm³/mol. The molecule has 0 aliphatic carbocycles. The van der Waals surface area contributed by atoms with E-state index in [4.69, 9.17) is 9.47 Å². The van der Waals surface area contributed by atoms with Crippen LogP contribution in [0.3, 0.4) is 0 Å². The summed E-state index contributed by atoms with van der Waals surface area (Å²) in [6.07, 6.45) is 2.68. The lowest BCUT2D eigenvalue weighted by Gasteiger charge is -2.42. The molecule has 4 heterocycles. The first-order chi connectivity index (χ1) is 21.5. The van der Waals surface area contributed by atoms with Crippen LogP contribution >= 0.6 is 0 Å². The molecule has 1 unspecified atom stereocenters. The van der Waals surface area contributed by atoms with Crippen LogP contribution in [0.15, 0.2) is 18.2 Å². The van der Waals surface area contributed by atoms with Gasteiger partial charge in [0.25, 0.3) is 11.8 Å². The minimum Gasteiger partial charge on any atom is -0.444 e. The van der Waals surface area contributed by atoms with Gasteiger partial charge in [0.15, 0.2) is 0 Å². The largest absolute Gasteiger partial charge is 0.444 e. The average molecular weight is 627 g/mol. The van der Waals surface area contributed by atoms with E-state index < -0.39 is 35.3 Å². The molecule has 5 rings (SSSR count). The summed E-state index contributed by atoms with van der Waals surface area (Å²) < 4.78 is 11.4. The van der Waals surface area contributed by atoms with Crippen LogP contribution in [0.5, 0.6) is 0 Å². The quantitative estimate of drug-likeness (QED) is 0.292. The fraction of sp³-hybridized carbons (Fsp3) is 0.656. The van der Waals surface area contributed by atoms with Gasteiger partial charge in [0.05, 0.1) is 17.7 Å². The smallest absolute Gasteiger partial charge is 0.410 e. The highest BCUT2D eigenvalue weighted by atomic mass is 16.6. The number of fused-ring (bicyclic) bond motifs is 1. The highest BCUT2D eigenvalue weighted by molar-refractivity contribution is 6.25. The number of imide groups is 2. The van der Waals surface area contributed by atoms with Crippen molar-refractivity contribution in [2.24, 2.45) is 0 Å². The molecule has 0 radical (unpaired) electrons. The molecule has 0 saturated carbocycles. The topological polar surface area (TPSA) is 141 Å². The lowest BCUT2D eigenvalue weighted by Crippen LogP contribution is -2.54. The molecular formula is C32H46N6O7. The summed E-state index contributed by atoms with van der Waals surface area (Å²) in [6.45, 7) is 13.8. The fourth-order valence-corrected chi connectivity index (χ4v) is 6.45. The van der Waals surface area contributed by atoms with Gasteiger partial charge in [-0.25, -0.2) is 4.79 Å². The van der Waals surface area contributed by atoms with E-state index in [9.17, 15) is 24.0 Å². The third-order valence-corrected chi connectivity index (χ3v) is 8.84. The van der Waals surface area contributed by atoms with Crippen molar-refractivity contribution in [3.63, 3.8) is 0 Å². The molecular weight excluding hydrogens is 580 g/mol. The van der Waals surface area contributed by atoms with Crippen molar-refractivity contribution in [3.8, 4) is 0 Å². The van der Waals surface area contributed by atoms with Crippen molar-refractivity contribution in [1.82, 2.24) is 24.9 Å². The zero-order valence-electron chi connectivity index (χ0n) is 26.6. The molecule has 3 saturated heterocycles. The Morgan fingerprint density at radius 3 is 2.38 bits per heavy atom. The molecule has 0 aromatic heterocycles. The monoisotopic (exact) mass is 626 g/mol. The number of hydrogen-bond donors (Lipinski definition) is 2. The SMILES string of the molecule is CC(C)(C)OC(=O)N1CCC(N2CCN(CCOCCCNc3cccc4c3C(=O)N(C3CCC(=O)NC3=O)C4=O)CC2)CC1. The highest BCUT2D eigenvalue weighted by Crippen LogP contribution is 2.32. The maximum absolute atomic E-state index is 13.2. The molecule has 45 heavy (non-hydrogen) atoms. The third-order valence-electron chi connectivity index (χ3n) is 8.84. The number of carbonyl (C=O) groups excluding carboxylic acids is 5. The second kappa shape index (κ2) is 14.3. The van der Waals surface area contributed by atoms with Crippen LogP contribution in [0.2, 0.25) is 0 Å². The van der Waals surface area contributed by atoms with E-state index in [1.54, 1.807) is 18.2 Å². The number of amides is 5. The Balaban J connectivity index is 0.964. The Morgan fingerprint density at radius 2 is 1.69 bits per heavy atom. The van der Waals surface area contributed by atoms with Crippen molar-refractivity contribution in [3.05, 3.63) is 29.3 Å². The number of piperazine rings is 1. The first kappa shape index (κ1) is 32.8. The molecule has 5 amide bonds. The summed E-state index contributed by atoms with van der Waals surface area (Å²) in [7, 11) is 0. The van der Waals surface area contributed by atoms with Gasteiger partial charge in [-0.15, -0.1) is 0 Å². The third kappa shape index (κ3) is 8.00. The maximum Gasteiger partial charge on any atom is 0.410 e. The van der Waals surface area contributed by atoms with Crippen LogP contribution in [0.4, 0.5) is 10.5 Å². The zero-order chi connectivity index (χ0) is 32.1. The average Bonchev–Trinajstić information content (AvgIpc) is 3.26. The number of hydrogen-bond acceptors (Lipinski definition) is 10. The Labute approximate surface area is 264 Å². The highest BCUT2D eigenvalue weighted by Gasteiger charge is 2.45. The second-order valence-electron chi connectivity index (χ2n) is 13.1. The number of benzene rings is 1. The number of anilines is 1. The van der Waals surface area contributed by atoms with Gasteiger partial charge >= 0.3 is 6.09 Å². The van der Waals surface area contributed by atoms with Crippen molar-refractivity contribution in [2.45, 2.75) is 70.6 Å². The number of ether oxygens (including phenoxy) is 2. The molecule has 0 spiro atoms. The lowest BCUT2D eigenvalue weighted by molar-refractivity contribution is -0.136. The van der Waals surface area contributed by atoms with Gasteiger partial charge < -0.3 is 19.7 Å². The summed E-state index contributed by atoms with van der Waals surface area (Å²) in [5.41, 5.74) is 0.607. The Hall–Kier alpha value is -3.55. The molecule has 1 aromatic carbocycles. The van der Waals surface area contributed by atoms with E-state index >= 15 is 0 Å². The first-order valence-corrected chi connectivity index (χ1v) is 16.1. The predicted octanol–water partition coefficient (Wildman–Crippen LogP) is 1.92. The number of likely N-dealkylation sites (tertiary alicyclic amines) is 1. The van der Waals surface area contributed by atoms with E-state index in [0.717, 1.165) is 70.0 Å². The first-order valence-electron chi connectivity index (χ1n) is 16.1. The number of carbonyl (C=O) groups is 5. The number of piperidine rings is 2.